The lowest BCUT2D eigenvalue weighted by atomic mass is 9.80. The highest BCUT2D eigenvalue weighted by Crippen LogP contribution is 2.52. The fourth-order valence-electron chi connectivity index (χ4n) is 9.21. The van der Waals surface area contributed by atoms with Crippen LogP contribution in [0.5, 0.6) is 0 Å². The fourth-order valence-corrected chi connectivity index (χ4v) is 10.4. The number of hydrogen-bond acceptors (Lipinski definition) is 1. The van der Waals surface area contributed by atoms with Crippen LogP contribution in [-0.4, -0.2) is 0 Å². The molecule has 9 aromatic carbocycles. The highest BCUT2D eigenvalue weighted by Gasteiger charge is 2.36. The van der Waals surface area contributed by atoms with Gasteiger partial charge in [-0.2, -0.15) is 0 Å². The molecule has 0 fully saturated rings. The van der Waals surface area contributed by atoms with Crippen molar-refractivity contribution in [2.24, 2.45) is 0 Å². The van der Waals surface area contributed by atoms with Gasteiger partial charge in [0.2, 0.25) is 0 Å². The van der Waals surface area contributed by atoms with Crippen LogP contribution in [0.25, 0.3) is 97.0 Å². The van der Waals surface area contributed by atoms with Crippen LogP contribution in [0, 0.1) is 0 Å². The van der Waals surface area contributed by atoms with E-state index in [4.69, 9.17) is 0 Å². The van der Waals surface area contributed by atoms with Crippen LogP contribution in [0.1, 0.15) is 25.0 Å². The van der Waals surface area contributed by atoms with Crippen molar-refractivity contribution in [3.05, 3.63) is 181 Å². The first-order valence-electron chi connectivity index (χ1n) is 18.2. The Balaban J connectivity index is 1.07. The van der Waals surface area contributed by atoms with Crippen LogP contribution in [-0.2, 0) is 5.41 Å². The molecule has 0 unspecified atom stereocenters. The average molecular weight is 679 g/mol. The third-order valence-corrected chi connectivity index (χ3v) is 12.9. The van der Waals surface area contributed by atoms with Gasteiger partial charge in [0.15, 0.2) is 0 Å². The predicted molar refractivity (Wildman–Crippen MR) is 226 cm³/mol. The second kappa shape index (κ2) is 11.0. The van der Waals surface area contributed by atoms with Gasteiger partial charge in [-0.1, -0.05) is 166 Å². The van der Waals surface area contributed by atoms with Gasteiger partial charge in [-0.25, -0.2) is 0 Å². The summed E-state index contributed by atoms with van der Waals surface area (Å²) < 4.78 is 2.72. The summed E-state index contributed by atoms with van der Waals surface area (Å²) in [5, 5.41) is 10.5. The minimum Gasteiger partial charge on any atom is -0.135 e. The summed E-state index contributed by atoms with van der Waals surface area (Å²) in [6.07, 6.45) is 0. The third kappa shape index (κ3) is 4.15. The molecule has 0 atom stereocenters. The number of hydrogen-bond donors (Lipinski definition) is 0. The summed E-state index contributed by atoms with van der Waals surface area (Å²) in [5.74, 6) is 0. The number of benzene rings is 9. The van der Waals surface area contributed by atoms with Crippen LogP contribution < -0.4 is 0 Å². The van der Waals surface area contributed by atoms with E-state index in [1.165, 1.54) is 108 Å². The molecule has 0 saturated heterocycles. The first-order valence-corrected chi connectivity index (χ1v) is 19.0. The topological polar surface area (TPSA) is 0 Å². The van der Waals surface area contributed by atoms with E-state index < -0.39 is 0 Å². The van der Waals surface area contributed by atoms with Crippen LogP contribution in [0.4, 0.5) is 0 Å². The molecule has 244 valence electrons. The lowest BCUT2D eigenvalue weighted by molar-refractivity contribution is 0.661. The second-order valence-electron chi connectivity index (χ2n) is 14.8. The molecule has 0 bridgehead atoms. The minimum absolute atomic E-state index is 0.157. The predicted octanol–water partition coefficient (Wildman–Crippen LogP) is 14.8. The van der Waals surface area contributed by atoms with Crippen molar-refractivity contribution < 1.29 is 0 Å². The lowest BCUT2D eigenvalue weighted by Gasteiger charge is -2.23. The molecular formula is C51H34S. The molecule has 1 aliphatic carbocycles. The first-order chi connectivity index (χ1) is 25.6. The molecule has 0 spiro atoms. The number of rotatable bonds is 3. The highest BCUT2D eigenvalue weighted by molar-refractivity contribution is 7.26. The number of fused-ring (bicyclic) bond motifs is 10. The van der Waals surface area contributed by atoms with Crippen molar-refractivity contribution >= 4 is 63.8 Å². The zero-order valence-electron chi connectivity index (χ0n) is 29.1. The van der Waals surface area contributed by atoms with Crippen LogP contribution in [0.2, 0.25) is 0 Å². The molecule has 0 saturated carbocycles. The van der Waals surface area contributed by atoms with Crippen molar-refractivity contribution in [1.29, 1.82) is 0 Å². The number of thiophene rings is 1. The molecule has 11 rings (SSSR count). The quantitative estimate of drug-likeness (QED) is 0.163. The molecule has 1 aromatic heterocycles. The Labute approximate surface area is 307 Å². The molecule has 0 N–H and O–H groups in total. The molecule has 0 aliphatic heterocycles. The zero-order valence-corrected chi connectivity index (χ0v) is 29.9. The third-order valence-electron chi connectivity index (χ3n) is 11.7. The van der Waals surface area contributed by atoms with E-state index in [1.807, 2.05) is 11.3 Å². The second-order valence-corrected chi connectivity index (χ2v) is 15.8. The fraction of sp³-hybridized carbons (Fsp3) is 0.0588. The molecule has 1 aliphatic rings. The van der Waals surface area contributed by atoms with Crippen LogP contribution in [0.3, 0.4) is 0 Å². The van der Waals surface area contributed by atoms with Crippen molar-refractivity contribution in [2.45, 2.75) is 19.3 Å². The lowest BCUT2D eigenvalue weighted by Crippen LogP contribution is -2.15. The van der Waals surface area contributed by atoms with E-state index in [0.717, 1.165) is 0 Å². The Bertz CT molecular complexity index is 3030. The van der Waals surface area contributed by atoms with E-state index in [9.17, 15) is 0 Å². The van der Waals surface area contributed by atoms with Gasteiger partial charge in [0.1, 0.15) is 0 Å². The maximum atomic E-state index is 2.49. The van der Waals surface area contributed by atoms with Gasteiger partial charge >= 0.3 is 0 Å². The maximum absolute atomic E-state index is 2.49. The van der Waals surface area contributed by atoms with E-state index in [1.54, 1.807) is 0 Å². The van der Waals surface area contributed by atoms with E-state index >= 15 is 0 Å². The largest absolute Gasteiger partial charge is 0.135 e. The van der Waals surface area contributed by atoms with Gasteiger partial charge in [0.05, 0.1) is 0 Å². The Morgan fingerprint density at radius 1 is 0.346 bits per heavy atom. The molecule has 1 heteroatoms. The summed E-state index contributed by atoms with van der Waals surface area (Å²) in [6.45, 7) is 4.81. The van der Waals surface area contributed by atoms with Gasteiger partial charge in [-0.3, -0.25) is 0 Å². The smallest absolute Gasteiger partial charge is 0.0434 e. The molecule has 52 heavy (non-hydrogen) atoms. The standard InChI is InChI=1S/C51H34S/c1-51(2)45-29-32(34-20-12-21-43-35(34)27-28-44-38-15-10-11-22-47(38)52-50(43)44)23-25-36(45)37-26-24-33(30-46(37)51)49-41-18-8-6-16-39(41)48(31-13-4-3-5-14-31)40-17-7-9-19-42(40)49/h3-30H,1-2H3. The van der Waals surface area contributed by atoms with Gasteiger partial charge in [0, 0.05) is 31.0 Å². The van der Waals surface area contributed by atoms with Gasteiger partial charge in [-0.15, -0.1) is 11.3 Å². The van der Waals surface area contributed by atoms with Crippen molar-refractivity contribution in [2.75, 3.05) is 0 Å². The normalized spacial score (nSPS) is 13.3. The average Bonchev–Trinajstić information content (AvgIpc) is 3.69. The Morgan fingerprint density at radius 2 is 0.846 bits per heavy atom. The molecule has 10 aromatic rings. The van der Waals surface area contributed by atoms with E-state index in [0.29, 0.717) is 0 Å². The molecule has 0 nitrogen and oxygen atoms in total. The molecular weight excluding hydrogens is 645 g/mol. The van der Waals surface area contributed by atoms with E-state index in [2.05, 4.69) is 184 Å². The van der Waals surface area contributed by atoms with E-state index in [-0.39, 0.29) is 5.41 Å². The summed E-state index contributed by atoms with van der Waals surface area (Å²) in [4.78, 5) is 0. The van der Waals surface area contributed by atoms with Crippen molar-refractivity contribution in [3.63, 3.8) is 0 Å². The monoisotopic (exact) mass is 678 g/mol. The Hall–Kier alpha value is -6.02. The summed E-state index contributed by atoms with van der Waals surface area (Å²) in [7, 11) is 0. The van der Waals surface area contributed by atoms with Crippen molar-refractivity contribution in [3.8, 4) is 44.5 Å². The Kier molecular flexibility index (Phi) is 6.27. The van der Waals surface area contributed by atoms with Crippen LogP contribution >= 0.6 is 11.3 Å². The summed E-state index contributed by atoms with van der Waals surface area (Å²) in [6, 6.07) is 63.4. The molecule has 1 heterocycles. The van der Waals surface area contributed by atoms with Crippen LogP contribution in [0.15, 0.2) is 170 Å². The minimum atomic E-state index is -0.157. The van der Waals surface area contributed by atoms with Crippen molar-refractivity contribution in [1.82, 2.24) is 0 Å². The Morgan fingerprint density at radius 3 is 1.52 bits per heavy atom. The first kappa shape index (κ1) is 29.7. The molecule has 0 amide bonds. The van der Waals surface area contributed by atoms with Gasteiger partial charge in [0.25, 0.3) is 0 Å². The highest BCUT2D eigenvalue weighted by atomic mass is 32.1. The van der Waals surface area contributed by atoms with Gasteiger partial charge in [-0.05, 0) is 101 Å². The van der Waals surface area contributed by atoms with Gasteiger partial charge < -0.3 is 0 Å². The summed E-state index contributed by atoms with van der Waals surface area (Å²) in [5.41, 5.74) is 13.0. The zero-order chi connectivity index (χ0) is 34.6. The molecule has 0 radical (unpaired) electrons. The maximum Gasteiger partial charge on any atom is 0.0434 e. The SMILES string of the molecule is CC1(C)c2cc(-c3c4ccccc4c(-c4ccccc4)c4ccccc34)ccc2-c2ccc(-c3cccc4c3ccc3c5ccccc5sc43)cc21. The summed E-state index contributed by atoms with van der Waals surface area (Å²) >= 11 is 1.91.